The van der Waals surface area contributed by atoms with Gasteiger partial charge < -0.3 is 10.1 Å². The number of hydrogen-bond acceptors (Lipinski definition) is 7. The van der Waals surface area contributed by atoms with Gasteiger partial charge in [-0.3, -0.25) is 14.5 Å². The van der Waals surface area contributed by atoms with Crippen molar-refractivity contribution in [3.63, 3.8) is 0 Å². The van der Waals surface area contributed by atoms with Gasteiger partial charge in [-0.05, 0) is 85.8 Å². The molecule has 208 valence electrons. The first-order chi connectivity index (χ1) is 18.8. The van der Waals surface area contributed by atoms with Gasteiger partial charge in [-0.1, -0.05) is 37.0 Å². The number of nitrogens with one attached hydrogen (secondary N) is 1. The van der Waals surface area contributed by atoms with E-state index in [9.17, 15) is 23.2 Å². The molecule has 2 aromatic carbocycles. The Morgan fingerprint density at radius 3 is 2.42 bits per heavy atom. The summed E-state index contributed by atoms with van der Waals surface area (Å²) in [5.74, 6) is -3.49. The van der Waals surface area contributed by atoms with E-state index in [0.29, 0.717) is 31.6 Å². The summed E-state index contributed by atoms with van der Waals surface area (Å²) in [6, 6.07) is 11.8. The van der Waals surface area contributed by atoms with Gasteiger partial charge in [0.1, 0.15) is 9.92 Å². The number of anilines is 1. The minimum absolute atomic E-state index is 0.0916. The summed E-state index contributed by atoms with van der Waals surface area (Å²) in [5.41, 5.74) is 1.49. The number of esters is 1. The average Bonchev–Trinajstić information content (AvgIpc) is 3.45. The van der Waals surface area contributed by atoms with Crippen LogP contribution in [0.25, 0.3) is 17.2 Å². The van der Waals surface area contributed by atoms with Crippen LogP contribution >= 0.6 is 35.3 Å². The summed E-state index contributed by atoms with van der Waals surface area (Å²) in [6.45, 7) is 7.14. The molecule has 1 unspecified atom stereocenters. The molecule has 0 bridgehead atoms. The number of thiophene rings is 1. The predicted molar refractivity (Wildman–Crippen MR) is 159 cm³/mol. The number of rotatable bonds is 7. The summed E-state index contributed by atoms with van der Waals surface area (Å²) in [5, 5.41) is 4.59. The fourth-order valence-corrected chi connectivity index (χ4v) is 5.88. The molecule has 0 spiro atoms. The maximum atomic E-state index is 13.6. The molecule has 1 atom stereocenters. The molecule has 1 aromatic heterocycles. The highest BCUT2D eigenvalue weighted by molar-refractivity contribution is 8.26. The van der Waals surface area contributed by atoms with Crippen LogP contribution in [0.4, 0.5) is 14.5 Å². The zero-order chi connectivity index (χ0) is 29.2. The standard InChI is InChI=1S/C29H26F2N2O4S3/c1-16(25(34)32-20-8-5-17(6-9-20)27(36)37-29(2,3)4)14-33-26(35)24(40-28(33)38)13-21-11-19(15-39-21)18-7-10-22(30)23(31)12-18/h5-13,15-16H,14H2,1-4H3,(H,32,34)/b24-13-. The zero-order valence-corrected chi connectivity index (χ0v) is 24.6. The van der Waals surface area contributed by atoms with E-state index in [1.165, 1.54) is 22.3 Å². The van der Waals surface area contributed by atoms with Gasteiger partial charge in [0.2, 0.25) is 5.91 Å². The fourth-order valence-electron chi connectivity index (χ4n) is 3.69. The Bertz CT molecular complexity index is 1510. The van der Waals surface area contributed by atoms with Crippen molar-refractivity contribution >= 4 is 69.2 Å². The SMILES string of the molecule is CC(CN1C(=O)/C(=C/c2cc(-c3ccc(F)c(F)c3)cs2)SC1=S)C(=O)Nc1ccc(C(=O)OC(C)(C)C)cc1. The van der Waals surface area contributed by atoms with Gasteiger partial charge >= 0.3 is 5.97 Å². The molecule has 0 aliphatic carbocycles. The number of halogens is 2. The third-order valence-corrected chi connectivity index (χ3v) is 7.97. The summed E-state index contributed by atoms with van der Waals surface area (Å²) >= 11 is 7.91. The lowest BCUT2D eigenvalue weighted by atomic mass is 10.1. The molecule has 0 radical (unpaired) electrons. The van der Waals surface area contributed by atoms with Crippen molar-refractivity contribution in [3.05, 3.63) is 80.9 Å². The Kier molecular flexibility index (Phi) is 8.86. The van der Waals surface area contributed by atoms with Crippen LogP contribution in [-0.2, 0) is 14.3 Å². The van der Waals surface area contributed by atoms with Crippen LogP contribution in [0.1, 0.15) is 42.9 Å². The minimum Gasteiger partial charge on any atom is -0.456 e. The third-order valence-electron chi connectivity index (χ3n) is 5.71. The highest BCUT2D eigenvalue weighted by Gasteiger charge is 2.34. The lowest BCUT2D eigenvalue weighted by molar-refractivity contribution is -0.124. The second-order valence-electron chi connectivity index (χ2n) is 10.1. The molecule has 2 amide bonds. The van der Waals surface area contributed by atoms with Gasteiger partial charge in [-0.2, -0.15) is 0 Å². The largest absolute Gasteiger partial charge is 0.456 e. The van der Waals surface area contributed by atoms with Crippen molar-refractivity contribution in [3.8, 4) is 11.1 Å². The number of benzene rings is 2. The number of carbonyl (C=O) groups is 3. The van der Waals surface area contributed by atoms with E-state index in [1.54, 1.807) is 69.5 Å². The van der Waals surface area contributed by atoms with E-state index >= 15 is 0 Å². The lowest BCUT2D eigenvalue weighted by Crippen LogP contribution is -2.36. The Morgan fingerprint density at radius 1 is 1.07 bits per heavy atom. The van der Waals surface area contributed by atoms with Gasteiger partial charge in [0, 0.05) is 17.1 Å². The first-order valence-corrected chi connectivity index (χ1v) is 14.3. The number of thiocarbonyl (C=S) groups is 1. The van der Waals surface area contributed by atoms with Crippen molar-refractivity contribution < 1.29 is 27.9 Å². The summed E-state index contributed by atoms with van der Waals surface area (Å²) in [4.78, 5) is 40.7. The van der Waals surface area contributed by atoms with Crippen LogP contribution < -0.4 is 5.32 Å². The van der Waals surface area contributed by atoms with Crippen molar-refractivity contribution in [1.29, 1.82) is 0 Å². The number of hydrogen-bond donors (Lipinski definition) is 1. The minimum atomic E-state index is -0.929. The monoisotopic (exact) mass is 600 g/mol. The van der Waals surface area contributed by atoms with Gasteiger partial charge in [-0.25, -0.2) is 13.6 Å². The van der Waals surface area contributed by atoms with Crippen molar-refractivity contribution in [2.24, 2.45) is 5.92 Å². The number of carbonyl (C=O) groups excluding carboxylic acids is 3. The zero-order valence-electron chi connectivity index (χ0n) is 22.1. The molecule has 1 saturated heterocycles. The topological polar surface area (TPSA) is 75.7 Å². The van der Waals surface area contributed by atoms with Crippen LogP contribution in [-0.4, -0.2) is 39.1 Å². The van der Waals surface area contributed by atoms with Crippen LogP contribution in [0, 0.1) is 17.6 Å². The Labute approximate surface area is 244 Å². The number of ether oxygens (including phenoxy) is 1. The molecule has 2 heterocycles. The Morgan fingerprint density at radius 2 is 1.77 bits per heavy atom. The van der Waals surface area contributed by atoms with Gasteiger partial charge in [0.15, 0.2) is 11.6 Å². The first-order valence-electron chi connectivity index (χ1n) is 12.2. The van der Waals surface area contributed by atoms with Gasteiger partial charge in [0.25, 0.3) is 5.91 Å². The normalized spacial score (nSPS) is 15.4. The predicted octanol–water partition coefficient (Wildman–Crippen LogP) is 7.12. The van der Waals surface area contributed by atoms with E-state index in [4.69, 9.17) is 17.0 Å². The molecule has 4 rings (SSSR count). The average molecular weight is 601 g/mol. The molecule has 3 aromatic rings. The maximum absolute atomic E-state index is 13.6. The van der Waals surface area contributed by atoms with E-state index in [2.05, 4.69) is 5.32 Å². The summed E-state index contributed by atoms with van der Waals surface area (Å²) < 4.78 is 32.6. The highest BCUT2D eigenvalue weighted by Crippen LogP contribution is 2.35. The smallest absolute Gasteiger partial charge is 0.338 e. The van der Waals surface area contributed by atoms with Crippen molar-refractivity contribution in [1.82, 2.24) is 4.90 Å². The van der Waals surface area contributed by atoms with Crippen molar-refractivity contribution in [2.45, 2.75) is 33.3 Å². The Balaban J connectivity index is 1.37. The van der Waals surface area contributed by atoms with E-state index < -0.39 is 29.1 Å². The summed E-state index contributed by atoms with van der Waals surface area (Å²) in [6.07, 6.45) is 1.70. The second-order valence-corrected chi connectivity index (χ2v) is 12.7. The summed E-state index contributed by atoms with van der Waals surface area (Å²) in [7, 11) is 0. The van der Waals surface area contributed by atoms with Crippen LogP contribution in [0.15, 0.2) is 58.8 Å². The molecule has 11 heteroatoms. The maximum Gasteiger partial charge on any atom is 0.338 e. The van der Waals surface area contributed by atoms with E-state index in [0.717, 1.165) is 28.8 Å². The third kappa shape index (κ3) is 7.21. The quantitative estimate of drug-likeness (QED) is 0.177. The van der Waals surface area contributed by atoms with Gasteiger partial charge in [0.05, 0.1) is 16.4 Å². The molecule has 1 aliphatic heterocycles. The molecule has 1 fully saturated rings. The second kappa shape index (κ2) is 12.0. The number of amides is 2. The molecular weight excluding hydrogens is 575 g/mol. The Hall–Kier alpha value is -3.41. The molecule has 0 saturated carbocycles. The molecule has 6 nitrogen and oxygen atoms in total. The number of nitrogens with zero attached hydrogens (tertiary/aromatic N) is 1. The fraction of sp³-hybridized carbons (Fsp3) is 0.241. The highest BCUT2D eigenvalue weighted by atomic mass is 32.2. The molecule has 1 N–H and O–H groups in total. The van der Waals surface area contributed by atoms with Crippen LogP contribution in [0.3, 0.4) is 0 Å². The first kappa shape index (κ1) is 29.6. The molecule has 1 aliphatic rings. The molecular formula is C29H26F2N2O4S3. The van der Waals surface area contributed by atoms with E-state index in [-0.39, 0.29) is 18.4 Å². The van der Waals surface area contributed by atoms with Gasteiger partial charge in [-0.15, -0.1) is 11.3 Å². The van der Waals surface area contributed by atoms with Crippen LogP contribution in [0.5, 0.6) is 0 Å². The van der Waals surface area contributed by atoms with Crippen molar-refractivity contribution in [2.75, 3.05) is 11.9 Å². The lowest BCUT2D eigenvalue weighted by Gasteiger charge is -2.20. The molecule has 40 heavy (non-hydrogen) atoms. The van der Waals surface area contributed by atoms with Crippen LogP contribution in [0.2, 0.25) is 0 Å². The number of thioether (sulfide) groups is 1. The van der Waals surface area contributed by atoms with E-state index in [1.807, 2.05) is 0 Å².